The van der Waals surface area contributed by atoms with Gasteiger partial charge in [-0.25, -0.2) is 0 Å². The average Bonchev–Trinajstić information content (AvgIpc) is 3.14. The van der Waals surface area contributed by atoms with E-state index in [0.717, 1.165) is 12.8 Å². The van der Waals surface area contributed by atoms with Crippen molar-refractivity contribution >= 4 is 17.8 Å². The lowest BCUT2D eigenvalue weighted by atomic mass is 10.2. The molecule has 1 saturated carbocycles. The largest absolute Gasteiger partial charge is 0.460 e. The van der Waals surface area contributed by atoms with Crippen molar-refractivity contribution in [2.24, 2.45) is 0 Å². The van der Waals surface area contributed by atoms with Crippen LogP contribution in [-0.4, -0.2) is 36.0 Å². The Balaban J connectivity index is 2.00. The Hall–Kier alpha value is -1.59. The van der Waals surface area contributed by atoms with Gasteiger partial charge in [0.15, 0.2) is 0 Å². The number of amides is 2. The molecule has 0 aromatic rings. The summed E-state index contributed by atoms with van der Waals surface area (Å²) in [6.07, 6.45) is 3.37. The van der Waals surface area contributed by atoms with E-state index in [1.165, 1.54) is 0 Å². The molecule has 0 unspecified atom stereocenters. The Morgan fingerprint density at radius 3 is 2.29 bits per heavy atom. The maximum Gasteiger partial charge on any atom is 0.306 e. The van der Waals surface area contributed by atoms with Gasteiger partial charge in [-0.1, -0.05) is 0 Å². The molecule has 0 spiro atoms. The van der Waals surface area contributed by atoms with Crippen LogP contribution in [0.4, 0.5) is 0 Å². The molecule has 0 aromatic carbocycles. The highest BCUT2D eigenvalue weighted by atomic mass is 16.6. The molecule has 0 aromatic heterocycles. The van der Waals surface area contributed by atoms with E-state index in [2.05, 4.69) is 10.6 Å². The summed E-state index contributed by atoms with van der Waals surface area (Å²) in [5, 5.41) is 5.59. The second kappa shape index (κ2) is 8.00. The summed E-state index contributed by atoms with van der Waals surface area (Å²) in [6.45, 7) is 5.82. The number of carbonyl (C=O) groups is 3. The summed E-state index contributed by atoms with van der Waals surface area (Å²) < 4.78 is 5.12. The molecule has 0 aliphatic heterocycles. The van der Waals surface area contributed by atoms with Gasteiger partial charge < -0.3 is 15.4 Å². The Morgan fingerprint density at radius 1 is 1.05 bits per heavy atom. The van der Waals surface area contributed by atoms with Gasteiger partial charge in [-0.2, -0.15) is 0 Å². The third-order valence-electron chi connectivity index (χ3n) is 2.82. The van der Waals surface area contributed by atoms with E-state index in [1.807, 2.05) is 0 Å². The maximum absolute atomic E-state index is 11.5. The van der Waals surface area contributed by atoms with Gasteiger partial charge in [-0.05, 0) is 40.0 Å². The Morgan fingerprint density at radius 2 is 1.71 bits per heavy atom. The first-order valence-electron chi connectivity index (χ1n) is 7.54. The third-order valence-corrected chi connectivity index (χ3v) is 2.82. The molecule has 2 amide bonds. The van der Waals surface area contributed by atoms with Crippen molar-refractivity contribution in [1.29, 1.82) is 0 Å². The summed E-state index contributed by atoms with van der Waals surface area (Å²) in [7, 11) is 0. The van der Waals surface area contributed by atoms with E-state index in [4.69, 9.17) is 4.74 Å². The quantitative estimate of drug-likeness (QED) is 0.522. The summed E-state index contributed by atoms with van der Waals surface area (Å²) >= 11 is 0. The molecule has 120 valence electrons. The van der Waals surface area contributed by atoms with Crippen molar-refractivity contribution in [3.63, 3.8) is 0 Å². The standard InChI is InChI=1S/C15H26N2O4/c1-15(2,3)21-14(20)9-8-12(18)16-10-4-5-13(19)17-11-6-7-11/h11H,4-10H2,1-3H3,(H,16,18)(H,17,19). The van der Waals surface area contributed by atoms with Gasteiger partial charge in [0.1, 0.15) is 5.60 Å². The fraction of sp³-hybridized carbons (Fsp3) is 0.800. The van der Waals surface area contributed by atoms with Gasteiger partial charge in [-0.3, -0.25) is 14.4 Å². The number of rotatable bonds is 8. The van der Waals surface area contributed by atoms with Crippen molar-refractivity contribution in [1.82, 2.24) is 10.6 Å². The maximum atomic E-state index is 11.5. The van der Waals surface area contributed by atoms with E-state index in [-0.39, 0.29) is 30.6 Å². The van der Waals surface area contributed by atoms with Gasteiger partial charge in [0.05, 0.1) is 6.42 Å². The van der Waals surface area contributed by atoms with E-state index < -0.39 is 5.60 Å². The van der Waals surface area contributed by atoms with Crippen LogP contribution in [0.3, 0.4) is 0 Å². The molecule has 1 fully saturated rings. The molecule has 1 aliphatic rings. The normalized spacial score (nSPS) is 14.4. The van der Waals surface area contributed by atoms with Gasteiger partial charge in [-0.15, -0.1) is 0 Å². The van der Waals surface area contributed by atoms with Crippen molar-refractivity contribution in [2.45, 2.75) is 70.9 Å². The molecule has 2 N–H and O–H groups in total. The predicted molar refractivity (Wildman–Crippen MR) is 78.5 cm³/mol. The lowest BCUT2D eigenvalue weighted by Gasteiger charge is -2.19. The van der Waals surface area contributed by atoms with Crippen LogP contribution in [0.1, 0.15) is 59.3 Å². The molecular formula is C15H26N2O4. The van der Waals surface area contributed by atoms with Crippen LogP contribution in [0.2, 0.25) is 0 Å². The molecular weight excluding hydrogens is 272 g/mol. The molecule has 1 aliphatic carbocycles. The van der Waals surface area contributed by atoms with Crippen LogP contribution in [0, 0.1) is 0 Å². The summed E-state index contributed by atoms with van der Waals surface area (Å²) in [5.74, 6) is -0.523. The first-order valence-corrected chi connectivity index (χ1v) is 7.54. The fourth-order valence-corrected chi connectivity index (χ4v) is 1.70. The molecule has 0 heterocycles. The number of esters is 1. The van der Waals surface area contributed by atoms with E-state index in [0.29, 0.717) is 25.4 Å². The van der Waals surface area contributed by atoms with Crippen LogP contribution in [0.15, 0.2) is 0 Å². The predicted octanol–water partition coefficient (Wildman–Crippen LogP) is 1.28. The summed E-state index contributed by atoms with van der Waals surface area (Å²) in [5.41, 5.74) is -0.525. The van der Waals surface area contributed by atoms with Crippen molar-refractivity contribution in [3.8, 4) is 0 Å². The van der Waals surface area contributed by atoms with Gasteiger partial charge >= 0.3 is 5.97 Å². The number of ether oxygens (including phenoxy) is 1. The highest BCUT2D eigenvalue weighted by Gasteiger charge is 2.22. The van der Waals surface area contributed by atoms with E-state index in [9.17, 15) is 14.4 Å². The summed E-state index contributed by atoms with van der Waals surface area (Å²) in [6, 6.07) is 0.376. The Kier molecular flexibility index (Phi) is 6.65. The first-order chi connectivity index (χ1) is 9.76. The van der Waals surface area contributed by atoms with Crippen LogP contribution in [0.25, 0.3) is 0 Å². The molecule has 0 saturated heterocycles. The SMILES string of the molecule is CC(C)(C)OC(=O)CCC(=O)NCCCC(=O)NC1CC1. The van der Waals surface area contributed by atoms with Crippen LogP contribution < -0.4 is 10.6 Å². The number of hydrogen-bond donors (Lipinski definition) is 2. The highest BCUT2D eigenvalue weighted by molar-refractivity contribution is 5.81. The Bertz CT molecular complexity index is 384. The zero-order valence-electron chi connectivity index (χ0n) is 13.2. The third kappa shape index (κ3) is 9.87. The zero-order valence-corrected chi connectivity index (χ0v) is 13.2. The average molecular weight is 298 g/mol. The van der Waals surface area contributed by atoms with Crippen molar-refractivity contribution < 1.29 is 19.1 Å². The molecule has 21 heavy (non-hydrogen) atoms. The van der Waals surface area contributed by atoms with Crippen LogP contribution in [-0.2, 0) is 19.1 Å². The second-order valence-electron chi connectivity index (χ2n) is 6.38. The lowest BCUT2D eigenvalue weighted by molar-refractivity contribution is -0.155. The molecule has 6 nitrogen and oxygen atoms in total. The molecule has 1 rings (SSSR count). The topological polar surface area (TPSA) is 84.5 Å². The lowest BCUT2D eigenvalue weighted by Crippen LogP contribution is -2.29. The molecule has 6 heteroatoms. The minimum atomic E-state index is -0.525. The first kappa shape index (κ1) is 17.5. The minimum absolute atomic E-state index is 0.0421. The van der Waals surface area contributed by atoms with Gasteiger partial charge in [0, 0.05) is 25.4 Å². The fourth-order valence-electron chi connectivity index (χ4n) is 1.70. The smallest absolute Gasteiger partial charge is 0.306 e. The molecule has 0 atom stereocenters. The highest BCUT2D eigenvalue weighted by Crippen LogP contribution is 2.18. The minimum Gasteiger partial charge on any atom is -0.460 e. The van der Waals surface area contributed by atoms with E-state index in [1.54, 1.807) is 20.8 Å². The van der Waals surface area contributed by atoms with Crippen molar-refractivity contribution in [2.75, 3.05) is 6.54 Å². The van der Waals surface area contributed by atoms with Crippen molar-refractivity contribution in [3.05, 3.63) is 0 Å². The number of hydrogen-bond acceptors (Lipinski definition) is 4. The summed E-state index contributed by atoms with van der Waals surface area (Å²) in [4.78, 5) is 34.4. The van der Waals surface area contributed by atoms with E-state index >= 15 is 0 Å². The van der Waals surface area contributed by atoms with Gasteiger partial charge in [0.25, 0.3) is 0 Å². The van der Waals surface area contributed by atoms with Crippen LogP contribution in [0.5, 0.6) is 0 Å². The van der Waals surface area contributed by atoms with Crippen LogP contribution >= 0.6 is 0 Å². The number of carbonyl (C=O) groups excluding carboxylic acids is 3. The molecule has 0 radical (unpaired) electrons. The molecule has 0 bridgehead atoms. The Labute approximate surface area is 126 Å². The number of nitrogens with one attached hydrogen (secondary N) is 2. The monoisotopic (exact) mass is 298 g/mol. The zero-order chi connectivity index (χ0) is 15.9. The second-order valence-corrected chi connectivity index (χ2v) is 6.38. The van der Waals surface area contributed by atoms with Gasteiger partial charge in [0.2, 0.25) is 11.8 Å².